The maximum absolute atomic E-state index is 13.1. The average Bonchev–Trinajstić information content (AvgIpc) is 3.09. The van der Waals surface area contributed by atoms with Gasteiger partial charge in [-0.15, -0.1) is 0 Å². The molecule has 1 aliphatic rings. The molecule has 0 saturated heterocycles. The van der Waals surface area contributed by atoms with Crippen LogP contribution in [-0.4, -0.2) is 30.1 Å². The summed E-state index contributed by atoms with van der Waals surface area (Å²) in [6, 6.07) is 9.42. The highest BCUT2D eigenvalue weighted by Crippen LogP contribution is 2.41. The van der Waals surface area contributed by atoms with Gasteiger partial charge in [0.15, 0.2) is 5.13 Å². The lowest BCUT2D eigenvalue weighted by Gasteiger charge is -2.30. The van der Waals surface area contributed by atoms with E-state index >= 15 is 0 Å². The molecule has 3 aromatic rings. The number of nitrogens with zero attached hydrogens (tertiary/aromatic N) is 3. The molecular weight excluding hydrogens is 362 g/mol. The quantitative estimate of drug-likeness (QED) is 0.643. The lowest BCUT2D eigenvalue weighted by atomic mass is 9.84. The molecule has 0 radical (unpaired) electrons. The molecule has 140 valence electrons. The molecule has 1 aromatic carbocycles. The molecule has 0 atom stereocenters. The van der Waals surface area contributed by atoms with Crippen molar-refractivity contribution in [1.82, 2.24) is 9.97 Å². The van der Waals surface area contributed by atoms with E-state index in [1.807, 2.05) is 30.3 Å². The van der Waals surface area contributed by atoms with Gasteiger partial charge in [-0.05, 0) is 37.1 Å². The van der Waals surface area contributed by atoms with Crippen LogP contribution in [0.4, 0.5) is 5.13 Å². The summed E-state index contributed by atoms with van der Waals surface area (Å²) in [4.78, 5) is 24.0. The van der Waals surface area contributed by atoms with Gasteiger partial charge in [0.2, 0.25) is 5.91 Å². The van der Waals surface area contributed by atoms with E-state index in [4.69, 9.17) is 14.5 Å². The van der Waals surface area contributed by atoms with E-state index in [9.17, 15) is 4.79 Å². The Morgan fingerprint density at radius 1 is 1.19 bits per heavy atom. The number of carbonyl (C=O) groups excluding carboxylic acids is 1. The second-order valence-corrected chi connectivity index (χ2v) is 7.50. The van der Waals surface area contributed by atoms with E-state index in [1.54, 1.807) is 25.3 Å². The van der Waals surface area contributed by atoms with Gasteiger partial charge < -0.3 is 9.47 Å². The molecule has 4 rings (SSSR count). The largest absolute Gasteiger partial charge is 0.495 e. The van der Waals surface area contributed by atoms with Gasteiger partial charge >= 0.3 is 0 Å². The number of fused-ring (bicyclic) bond motifs is 1. The Bertz CT molecular complexity index is 913. The van der Waals surface area contributed by atoms with Crippen LogP contribution in [0.2, 0.25) is 0 Å². The Balaban J connectivity index is 1.77. The van der Waals surface area contributed by atoms with Crippen molar-refractivity contribution in [2.24, 2.45) is 5.92 Å². The maximum atomic E-state index is 13.1. The van der Waals surface area contributed by atoms with Gasteiger partial charge in [0.25, 0.3) is 0 Å². The molecule has 0 unspecified atom stereocenters. The van der Waals surface area contributed by atoms with E-state index in [0.717, 1.165) is 35.4 Å². The van der Waals surface area contributed by atoms with Crippen LogP contribution in [-0.2, 0) is 11.3 Å². The molecule has 1 fully saturated rings. The molecule has 6 nitrogen and oxygen atoms in total. The minimum Gasteiger partial charge on any atom is -0.495 e. The van der Waals surface area contributed by atoms with E-state index in [0.29, 0.717) is 22.9 Å². The molecule has 7 heteroatoms. The second kappa shape index (κ2) is 7.52. The molecule has 2 aromatic heterocycles. The molecule has 1 aliphatic carbocycles. The summed E-state index contributed by atoms with van der Waals surface area (Å²) in [5, 5.41) is 0.648. The predicted molar refractivity (Wildman–Crippen MR) is 105 cm³/mol. The normalized spacial score (nSPS) is 14.0. The molecule has 1 amide bonds. The second-order valence-electron chi connectivity index (χ2n) is 6.52. The van der Waals surface area contributed by atoms with E-state index in [1.165, 1.54) is 11.3 Å². The van der Waals surface area contributed by atoms with E-state index < -0.39 is 0 Å². The van der Waals surface area contributed by atoms with Crippen LogP contribution in [0.25, 0.3) is 10.2 Å². The van der Waals surface area contributed by atoms with Crippen LogP contribution >= 0.6 is 11.3 Å². The fourth-order valence-electron chi connectivity index (χ4n) is 3.16. The monoisotopic (exact) mass is 383 g/mol. The minimum absolute atomic E-state index is 0.0736. The predicted octanol–water partition coefficient (Wildman–Crippen LogP) is 4.04. The SMILES string of the molecule is COc1ccc(OC)c2sc(N(Cc3ccccn3)C(=O)C3CCC3)nc12. The Hall–Kier alpha value is -2.67. The van der Waals surface area contributed by atoms with Gasteiger partial charge in [-0.2, -0.15) is 0 Å². The van der Waals surface area contributed by atoms with Crippen LogP contribution in [0.15, 0.2) is 36.5 Å². The number of ether oxygens (including phenoxy) is 2. The van der Waals surface area contributed by atoms with Crippen molar-refractivity contribution in [3.63, 3.8) is 0 Å². The van der Waals surface area contributed by atoms with E-state index in [2.05, 4.69) is 4.98 Å². The highest BCUT2D eigenvalue weighted by molar-refractivity contribution is 7.22. The zero-order valence-corrected chi connectivity index (χ0v) is 16.2. The lowest BCUT2D eigenvalue weighted by molar-refractivity contribution is -0.124. The Labute approximate surface area is 161 Å². The van der Waals surface area contributed by atoms with Crippen molar-refractivity contribution in [2.45, 2.75) is 25.8 Å². The fraction of sp³-hybridized carbons (Fsp3) is 0.350. The number of rotatable bonds is 6. The minimum atomic E-state index is 0.0736. The number of carbonyl (C=O) groups is 1. The van der Waals surface area contributed by atoms with Gasteiger partial charge in [0, 0.05) is 12.1 Å². The van der Waals surface area contributed by atoms with Crippen molar-refractivity contribution < 1.29 is 14.3 Å². The number of methoxy groups -OCH3 is 2. The van der Waals surface area contributed by atoms with Gasteiger partial charge in [-0.3, -0.25) is 14.7 Å². The number of anilines is 1. The van der Waals surface area contributed by atoms with Crippen LogP contribution in [0.5, 0.6) is 11.5 Å². The van der Waals surface area contributed by atoms with Gasteiger partial charge in [0.05, 0.1) is 26.5 Å². The molecule has 0 aliphatic heterocycles. The number of hydrogen-bond acceptors (Lipinski definition) is 6. The highest BCUT2D eigenvalue weighted by atomic mass is 32.1. The van der Waals surface area contributed by atoms with Gasteiger partial charge in [-0.25, -0.2) is 4.98 Å². The van der Waals surface area contributed by atoms with Crippen molar-refractivity contribution in [3.05, 3.63) is 42.2 Å². The Kier molecular flexibility index (Phi) is 4.94. The molecule has 27 heavy (non-hydrogen) atoms. The standard InChI is InChI=1S/C20H21N3O3S/c1-25-15-9-10-16(26-2)18-17(15)22-20(27-18)23(19(24)13-6-5-7-13)12-14-8-3-4-11-21-14/h3-4,8-11,13H,5-7,12H2,1-2H3. The smallest absolute Gasteiger partial charge is 0.232 e. The van der Waals surface area contributed by atoms with Crippen molar-refractivity contribution in [2.75, 3.05) is 19.1 Å². The maximum Gasteiger partial charge on any atom is 0.232 e. The number of amides is 1. The summed E-state index contributed by atoms with van der Waals surface area (Å²) in [5.74, 6) is 1.58. The Morgan fingerprint density at radius 3 is 2.59 bits per heavy atom. The van der Waals surface area contributed by atoms with Crippen molar-refractivity contribution in [1.29, 1.82) is 0 Å². The number of aromatic nitrogens is 2. The summed E-state index contributed by atoms with van der Waals surface area (Å²) in [6.45, 7) is 0.403. The molecule has 0 bridgehead atoms. The first-order chi connectivity index (χ1) is 13.2. The van der Waals surface area contributed by atoms with Crippen LogP contribution in [0, 0.1) is 5.92 Å². The molecule has 1 saturated carbocycles. The fourth-order valence-corrected chi connectivity index (χ4v) is 4.24. The summed E-state index contributed by atoms with van der Waals surface area (Å²) < 4.78 is 11.8. The van der Waals surface area contributed by atoms with Crippen LogP contribution in [0.3, 0.4) is 0 Å². The topological polar surface area (TPSA) is 64.6 Å². The number of pyridine rings is 1. The number of hydrogen-bond donors (Lipinski definition) is 0. The summed E-state index contributed by atoms with van der Waals surface area (Å²) in [6.07, 6.45) is 4.73. The number of benzene rings is 1. The van der Waals surface area contributed by atoms with Gasteiger partial charge in [-0.1, -0.05) is 23.8 Å². The summed E-state index contributed by atoms with van der Waals surface area (Å²) in [5.41, 5.74) is 1.55. The molecule has 0 spiro atoms. The zero-order chi connectivity index (χ0) is 18.8. The van der Waals surface area contributed by atoms with Crippen LogP contribution in [0.1, 0.15) is 25.0 Å². The number of thiazole rings is 1. The van der Waals surface area contributed by atoms with Crippen molar-refractivity contribution >= 4 is 32.6 Å². The average molecular weight is 383 g/mol. The molecule has 2 heterocycles. The third kappa shape index (κ3) is 3.35. The first-order valence-electron chi connectivity index (χ1n) is 8.94. The first-order valence-corrected chi connectivity index (χ1v) is 9.75. The third-order valence-corrected chi connectivity index (χ3v) is 5.99. The van der Waals surface area contributed by atoms with Gasteiger partial charge in [0.1, 0.15) is 21.7 Å². The zero-order valence-electron chi connectivity index (χ0n) is 15.3. The van der Waals surface area contributed by atoms with Crippen LogP contribution < -0.4 is 14.4 Å². The lowest BCUT2D eigenvalue weighted by Crippen LogP contribution is -2.38. The highest BCUT2D eigenvalue weighted by Gasteiger charge is 2.32. The summed E-state index contributed by atoms with van der Waals surface area (Å²) >= 11 is 1.45. The Morgan fingerprint density at radius 2 is 1.96 bits per heavy atom. The molecular formula is C20H21N3O3S. The van der Waals surface area contributed by atoms with Crippen molar-refractivity contribution in [3.8, 4) is 11.5 Å². The molecule has 0 N–H and O–H groups in total. The third-order valence-electron chi connectivity index (χ3n) is 4.90. The first kappa shape index (κ1) is 17.7. The van der Waals surface area contributed by atoms with E-state index in [-0.39, 0.29) is 11.8 Å². The summed E-state index contributed by atoms with van der Waals surface area (Å²) in [7, 11) is 3.25.